The van der Waals surface area contributed by atoms with Gasteiger partial charge >= 0.3 is 6.18 Å². The van der Waals surface area contributed by atoms with Crippen LogP contribution in [0.25, 0.3) is 0 Å². The SMILES string of the molecule is CCCC(=O)C(Br)Cc1ccc(Br)cc1C(F)(F)F. The zero-order valence-electron chi connectivity index (χ0n) is 10.2. The molecule has 0 spiro atoms. The summed E-state index contributed by atoms with van der Waals surface area (Å²) in [6.07, 6.45) is -3.32. The van der Waals surface area contributed by atoms with Crippen LogP contribution < -0.4 is 0 Å². The lowest BCUT2D eigenvalue weighted by molar-refractivity contribution is -0.138. The standard InChI is InChI=1S/C13H13Br2F3O/c1-2-3-12(19)11(15)6-8-4-5-9(14)7-10(8)13(16,17)18/h4-5,7,11H,2-3,6H2,1H3. The van der Waals surface area contributed by atoms with Crippen LogP contribution in [0, 0.1) is 0 Å². The third-order valence-electron chi connectivity index (χ3n) is 2.62. The fourth-order valence-corrected chi connectivity index (χ4v) is 2.64. The van der Waals surface area contributed by atoms with Crippen LogP contribution in [0.3, 0.4) is 0 Å². The number of hydrogen-bond acceptors (Lipinski definition) is 1. The first-order chi connectivity index (χ1) is 8.75. The minimum absolute atomic E-state index is 0.0426. The maximum atomic E-state index is 12.9. The normalized spacial score (nSPS) is 13.4. The molecule has 1 aromatic carbocycles. The second-order valence-corrected chi connectivity index (χ2v) is 6.21. The molecular formula is C13H13Br2F3O. The number of rotatable bonds is 5. The van der Waals surface area contributed by atoms with Crippen LogP contribution in [-0.2, 0) is 17.4 Å². The van der Waals surface area contributed by atoms with E-state index in [1.54, 1.807) is 6.07 Å². The summed E-state index contributed by atoms with van der Waals surface area (Å²) in [5.74, 6) is -0.0708. The maximum absolute atomic E-state index is 12.9. The van der Waals surface area contributed by atoms with Gasteiger partial charge in [-0.25, -0.2) is 0 Å². The second-order valence-electron chi connectivity index (χ2n) is 4.19. The second kappa shape index (κ2) is 6.88. The van der Waals surface area contributed by atoms with Gasteiger partial charge in [0.25, 0.3) is 0 Å². The fraction of sp³-hybridized carbons (Fsp3) is 0.462. The van der Waals surface area contributed by atoms with E-state index in [-0.39, 0.29) is 17.8 Å². The summed E-state index contributed by atoms with van der Waals surface area (Å²) in [6.45, 7) is 1.86. The van der Waals surface area contributed by atoms with E-state index in [4.69, 9.17) is 0 Å². The van der Waals surface area contributed by atoms with Crippen LogP contribution in [0.15, 0.2) is 22.7 Å². The molecule has 0 saturated carbocycles. The number of carbonyl (C=O) groups is 1. The van der Waals surface area contributed by atoms with Crippen LogP contribution >= 0.6 is 31.9 Å². The van der Waals surface area contributed by atoms with Crippen molar-refractivity contribution in [2.24, 2.45) is 0 Å². The first-order valence-corrected chi connectivity index (χ1v) is 7.49. The number of carbonyl (C=O) groups excluding carboxylic acids is 1. The number of hydrogen-bond donors (Lipinski definition) is 0. The smallest absolute Gasteiger partial charge is 0.298 e. The van der Waals surface area contributed by atoms with Gasteiger partial charge in [-0.1, -0.05) is 44.8 Å². The van der Waals surface area contributed by atoms with E-state index in [9.17, 15) is 18.0 Å². The molecule has 19 heavy (non-hydrogen) atoms. The third kappa shape index (κ3) is 4.91. The van der Waals surface area contributed by atoms with Gasteiger partial charge in [-0.05, 0) is 30.5 Å². The first kappa shape index (κ1) is 16.7. The van der Waals surface area contributed by atoms with Crippen molar-refractivity contribution in [2.45, 2.75) is 37.2 Å². The molecule has 0 bridgehead atoms. The van der Waals surface area contributed by atoms with Crippen molar-refractivity contribution in [1.82, 2.24) is 0 Å². The van der Waals surface area contributed by atoms with Crippen molar-refractivity contribution in [2.75, 3.05) is 0 Å². The highest BCUT2D eigenvalue weighted by molar-refractivity contribution is 9.10. The lowest BCUT2D eigenvalue weighted by Crippen LogP contribution is -2.19. The average Bonchev–Trinajstić information content (AvgIpc) is 2.30. The molecular weight excluding hydrogens is 389 g/mol. The van der Waals surface area contributed by atoms with Crippen LogP contribution in [0.2, 0.25) is 0 Å². The van der Waals surface area contributed by atoms with Gasteiger partial charge in [0.1, 0.15) is 5.78 Å². The molecule has 0 saturated heterocycles. The molecule has 1 unspecified atom stereocenters. The summed E-state index contributed by atoms with van der Waals surface area (Å²) in [6, 6.07) is 3.99. The van der Waals surface area contributed by atoms with Crippen molar-refractivity contribution < 1.29 is 18.0 Å². The Labute approximate surface area is 126 Å². The molecule has 1 aromatic rings. The number of Topliss-reactive ketones (excluding diaryl/α,β-unsaturated/α-hetero) is 1. The summed E-state index contributed by atoms with van der Waals surface area (Å²) in [5.41, 5.74) is -0.572. The number of ketones is 1. The number of benzene rings is 1. The summed E-state index contributed by atoms with van der Waals surface area (Å²) in [5, 5.41) is 0. The molecule has 0 N–H and O–H groups in total. The zero-order valence-corrected chi connectivity index (χ0v) is 13.4. The fourth-order valence-electron chi connectivity index (χ4n) is 1.70. The van der Waals surface area contributed by atoms with Gasteiger partial charge < -0.3 is 0 Å². The Bertz CT molecular complexity index is 458. The lowest BCUT2D eigenvalue weighted by atomic mass is 10.00. The van der Waals surface area contributed by atoms with Gasteiger partial charge in [0.15, 0.2) is 0 Å². The van der Waals surface area contributed by atoms with E-state index in [2.05, 4.69) is 31.9 Å². The van der Waals surface area contributed by atoms with Gasteiger partial charge in [0.2, 0.25) is 0 Å². The molecule has 0 heterocycles. The minimum atomic E-state index is -4.42. The Hall–Kier alpha value is -0.360. The Balaban J connectivity index is 2.98. The first-order valence-electron chi connectivity index (χ1n) is 5.78. The van der Waals surface area contributed by atoms with Crippen molar-refractivity contribution in [1.29, 1.82) is 0 Å². The van der Waals surface area contributed by atoms with Gasteiger partial charge in [-0.3, -0.25) is 4.79 Å². The van der Waals surface area contributed by atoms with E-state index >= 15 is 0 Å². The van der Waals surface area contributed by atoms with E-state index in [1.807, 2.05) is 6.92 Å². The van der Waals surface area contributed by atoms with Gasteiger partial charge in [0, 0.05) is 10.9 Å². The third-order valence-corrected chi connectivity index (χ3v) is 3.95. The van der Waals surface area contributed by atoms with Crippen LogP contribution in [0.5, 0.6) is 0 Å². The Kier molecular flexibility index (Phi) is 6.05. The van der Waals surface area contributed by atoms with Crippen LogP contribution in [0.4, 0.5) is 13.2 Å². The van der Waals surface area contributed by atoms with Crippen molar-refractivity contribution in [3.05, 3.63) is 33.8 Å². The predicted octanol–water partition coefficient (Wildman–Crippen LogP) is 5.14. The van der Waals surface area contributed by atoms with Gasteiger partial charge in [0.05, 0.1) is 10.4 Å². The van der Waals surface area contributed by atoms with E-state index in [0.717, 1.165) is 6.07 Å². The Morgan fingerprint density at radius 1 is 1.37 bits per heavy atom. The lowest BCUT2D eigenvalue weighted by Gasteiger charge is -2.15. The zero-order chi connectivity index (χ0) is 14.6. The number of alkyl halides is 4. The molecule has 0 amide bonds. The monoisotopic (exact) mass is 400 g/mol. The van der Waals surface area contributed by atoms with Gasteiger partial charge in [-0.2, -0.15) is 13.2 Å². The Morgan fingerprint density at radius 2 is 2.00 bits per heavy atom. The molecule has 6 heteroatoms. The van der Waals surface area contributed by atoms with Crippen LogP contribution in [-0.4, -0.2) is 10.6 Å². The Morgan fingerprint density at radius 3 is 2.53 bits per heavy atom. The summed E-state index contributed by atoms with van der Waals surface area (Å²) in [4.78, 5) is 11.1. The summed E-state index contributed by atoms with van der Waals surface area (Å²) >= 11 is 6.20. The van der Waals surface area contributed by atoms with Gasteiger partial charge in [-0.15, -0.1) is 0 Å². The minimum Gasteiger partial charge on any atom is -0.298 e. The maximum Gasteiger partial charge on any atom is 0.416 e. The molecule has 0 aliphatic heterocycles. The van der Waals surface area contributed by atoms with Crippen molar-refractivity contribution >= 4 is 37.6 Å². The number of halogens is 5. The highest BCUT2D eigenvalue weighted by Crippen LogP contribution is 2.35. The molecule has 0 aromatic heterocycles. The highest BCUT2D eigenvalue weighted by atomic mass is 79.9. The highest BCUT2D eigenvalue weighted by Gasteiger charge is 2.34. The van der Waals surface area contributed by atoms with E-state index in [1.165, 1.54) is 6.07 Å². The molecule has 0 aliphatic carbocycles. The predicted molar refractivity (Wildman–Crippen MR) is 75.5 cm³/mol. The topological polar surface area (TPSA) is 17.1 Å². The van der Waals surface area contributed by atoms with Crippen molar-refractivity contribution in [3.8, 4) is 0 Å². The summed E-state index contributed by atoms with van der Waals surface area (Å²) < 4.78 is 39.1. The molecule has 0 radical (unpaired) electrons. The van der Waals surface area contributed by atoms with E-state index < -0.39 is 16.6 Å². The van der Waals surface area contributed by atoms with Crippen LogP contribution in [0.1, 0.15) is 30.9 Å². The average molecular weight is 402 g/mol. The van der Waals surface area contributed by atoms with Crippen molar-refractivity contribution in [3.63, 3.8) is 0 Å². The quantitative estimate of drug-likeness (QED) is 0.624. The molecule has 1 nitrogen and oxygen atoms in total. The molecule has 106 valence electrons. The van der Waals surface area contributed by atoms with E-state index in [0.29, 0.717) is 17.3 Å². The summed E-state index contributed by atoms with van der Waals surface area (Å²) in [7, 11) is 0. The molecule has 1 rings (SSSR count). The molecule has 0 fully saturated rings. The molecule has 0 aliphatic rings. The largest absolute Gasteiger partial charge is 0.416 e. The molecule has 1 atom stereocenters.